The molecule has 7 heteroatoms. The summed E-state index contributed by atoms with van der Waals surface area (Å²) in [5.41, 5.74) is 0.332. The summed E-state index contributed by atoms with van der Waals surface area (Å²) >= 11 is 5.80. The van der Waals surface area contributed by atoms with Crippen LogP contribution in [-0.2, 0) is 19.6 Å². The van der Waals surface area contributed by atoms with Gasteiger partial charge in [-0.15, -0.1) is 0 Å². The Morgan fingerprint density at radius 3 is 2.61 bits per heavy atom. The molecule has 0 saturated heterocycles. The number of carbonyl (C=O) groups excluding carboxylic acids is 1. The minimum atomic E-state index is -3.57. The SMILES string of the molecule is CCOC(=O)CN(c1cccc(Cl)c1)S(C)(=O)=O. The van der Waals surface area contributed by atoms with Crippen molar-refractivity contribution in [3.8, 4) is 0 Å². The van der Waals surface area contributed by atoms with Crippen molar-refractivity contribution in [1.82, 2.24) is 0 Å². The normalized spacial score (nSPS) is 11.1. The molecule has 0 radical (unpaired) electrons. The minimum absolute atomic E-state index is 0.200. The van der Waals surface area contributed by atoms with Gasteiger partial charge in [0.1, 0.15) is 6.54 Å². The molecule has 1 rings (SSSR count). The first-order chi connectivity index (χ1) is 8.34. The predicted octanol–water partition coefficient (Wildman–Crippen LogP) is 1.67. The number of hydrogen-bond acceptors (Lipinski definition) is 4. The van der Waals surface area contributed by atoms with E-state index in [0.717, 1.165) is 10.6 Å². The Bertz CT molecular complexity index is 530. The summed E-state index contributed by atoms with van der Waals surface area (Å²) in [6.07, 6.45) is 1.02. The van der Waals surface area contributed by atoms with Crippen LogP contribution in [0.3, 0.4) is 0 Å². The van der Waals surface area contributed by atoms with Gasteiger partial charge in [-0.25, -0.2) is 8.42 Å². The van der Waals surface area contributed by atoms with Crippen LogP contribution in [0.5, 0.6) is 0 Å². The van der Waals surface area contributed by atoms with E-state index >= 15 is 0 Å². The van der Waals surface area contributed by atoms with E-state index in [9.17, 15) is 13.2 Å². The number of nitrogens with zero attached hydrogens (tertiary/aromatic N) is 1. The van der Waals surface area contributed by atoms with Crippen molar-refractivity contribution in [3.63, 3.8) is 0 Å². The van der Waals surface area contributed by atoms with Gasteiger partial charge in [-0.2, -0.15) is 0 Å². The zero-order valence-electron chi connectivity index (χ0n) is 10.1. The molecule has 0 N–H and O–H groups in total. The molecular formula is C11H14ClNO4S. The van der Waals surface area contributed by atoms with E-state index in [1.54, 1.807) is 25.1 Å². The van der Waals surface area contributed by atoms with Crippen LogP contribution in [0.15, 0.2) is 24.3 Å². The Morgan fingerprint density at radius 2 is 2.11 bits per heavy atom. The summed E-state index contributed by atoms with van der Waals surface area (Å²) in [5.74, 6) is -0.608. The first kappa shape index (κ1) is 14.8. The average molecular weight is 292 g/mol. The minimum Gasteiger partial charge on any atom is -0.465 e. The average Bonchev–Trinajstić information content (AvgIpc) is 2.24. The van der Waals surface area contributed by atoms with Crippen LogP contribution < -0.4 is 4.31 Å². The van der Waals surface area contributed by atoms with E-state index in [2.05, 4.69) is 0 Å². The van der Waals surface area contributed by atoms with Gasteiger partial charge in [-0.05, 0) is 25.1 Å². The molecule has 0 aliphatic rings. The number of rotatable bonds is 5. The molecule has 0 aromatic heterocycles. The van der Waals surface area contributed by atoms with Crippen molar-refractivity contribution in [2.75, 3.05) is 23.7 Å². The highest BCUT2D eigenvalue weighted by atomic mass is 35.5. The quantitative estimate of drug-likeness (QED) is 0.774. The van der Waals surface area contributed by atoms with Crippen LogP contribution in [-0.4, -0.2) is 33.8 Å². The second kappa shape index (κ2) is 6.06. The van der Waals surface area contributed by atoms with Gasteiger partial charge in [0.2, 0.25) is 10.0 Å². The van der Waals surface area contributed by atoms with E-state index in [1.807, 2.05) is 0 Å². The number of sulfonamides is 1. The Labute approximate surface area is 111 Å². The maximum atomic E-state index is 11.7. The number of benzene rings is 1. The first-order valence-corrected chi connectivity index (χ1v) is 7.46. The maximum absolute atomic E-state index is 11.7. The van der Waals surface area contributed by atoms with E-state index in [1.165, 1.54) is 6.07 Å². The molecule has 0 saturated carbocycles. The lowest BCUT2D eigenvalue weighted by molar-refractivity contribution is -0.141. The number of hydrogen-bond donors (Lipinski definition) is 0. The molecule has 1 aromatic rings. The highest BCUT2D eigenvalue weighted by Gasteiger charge is 2.21. The molecule has 0 atom stereocenters. The third-order valence-electron chi connectivity index (χ3n) is 2.07. The molecule has 0 unspecified atom stereocenters. The van der Waals surface area contributed by atoms with Gasteiger partial charge in [-0.3, -0.25) is 9.10 Å². The van der Waals surface area contributed by atoms with Crippen molar-refractivity contribution in [1.29, 1.82) is 0 Å². The molecule has 1 aromatic carbocycles. The summed E-state index contributed by atoms with van der Waals surface area (Å²) in [6, 6.07) is 6.27. The number of carbonyl (C=O) groups is 1. The summed E-state index contributed by atoms with van der Waals surface area (Å²) in [7, 11) is -3.57. The third-order valence-corrected chi connectivity index (χ3v) is 3.45. The summed E-state index contributed by atoms with van der Waals surface area (Å²) in [4.78, 5) is 11.4. The first-order valence-electron chi connectivity index (χ1n) is 5.23. The molecule has 0 amide bonds. The Balaban J connectivity index is 3.04. The Morgan fingerprint density at radius 1 is 1.44 bits per heavy atom. The van der Waals surface area contributed by atoms with Crippen LogP contribution in [0.4, 0.5) is 5.69 Å². The smallest absolute Gasteiger partial charge is 0.326 e. The van der Waals surface area contributed by atoms with Crippen molar-refractivity contribution in [2.45, 2.75) is 6.92 Å². The van der Waals surface area contributed by atoms with Crippen LogP contribution in [0, 0.1) is 0 Å². The van der Waals surface area contributed by atoms with Gasteiger partial charge in [0.15, 0.2) is 0 Å². The van der Waals surface area contributed by atoms with Crippen molar-refractivity contribution in [2.24, 2.45) is 0 Å². The van der Waals surface area contributed by atoms with E-state index in [0.29, 0.717) is 10.7 Å². The van der Waals surface area contributed by atoms with E-state index in [4.69, 9.17) is 16.3 Å². The number of ether oxygens (including phenoxy) is 1. The van der Waals surface area contributed by atoms with Gasteiger partial charge in [-0.1, -0.05) is 17.7 Å². The van der Waals surface area contributed by atoms with Crippen molar-refractivity contribution >= 4 is 33.3 Å². The van der Waals surface area contributed by atoms with Crippen molar-refractivity contribution in [3.05, 3.63) is 29.3 Å². The van der Waals surface area contributed by atoms with Gasteiger partial charge >= 0.3 is 5.97 Å². The van der Waals surface area contributed by atoms with Gasteiger partial charge in [0, 0.05) is 5.02 Å². The number of halogens is 1. The lowest BCUT2D eigenvalue weighted by Crippen LogP contribution is -2.35. The predicted molar refractivity (Wildman–Crippen MR) is 70.3 cm³/mol. The fourth-order valence-corrected chi connectivity index (χ4v) is 2.38. The molecule has 0 aliphatic carbocycles. The Kier molecular flexibility index (Phi) is 4.98. The molecule has 5 nitrogen and oxygen atoms in total. The standard InChI is InChI=1S/C11H14ClNO4S/c1-3-17-11(14)8-13(18(2,15)16)10-6-4-5-9(12)7-10/h4-7H,3,8H2,1-2H3. The molecule has 0 aliphatic heterocycles. The highest BCUT2D eigenvalue weighted by molar-refractivity contribution is 7.92. The van der Waals surface area contributed by atoms with Crippen LogP contribution >= 0.6 is 11.6 Å². The third kappa shape index (κ3) is 4.19. The molecule has 18 heavy (non-hydrogen) atoms. The van der Waals surface area contributed by atoms with Crippen molar-refractivity contribution < 1.29 is 17.9 Å². The van der Waals surface area contributed by atoms with Crippen LogP contribution in [0.2, 0.25) is 5.02 Å². The Hall–Kier alpha value is -1.27. The van der Waals surface area contributed by atoms with E-state index in [-0.39, 0.29) is 13.2 Å². The topological polar surface area (TPSA) is 63.7 Å². The second-order valence-electron chi connectivity index (χ2n) is 3.55. The zero-order valence-corrected chi connectivity index (χ0v) is 11.7. The lowest BCUT2D eigenvalue weighted by Gasteiger charge is -2.21. The largest absolute Gasteiger partial charge is 0.465 e. The maximum Gasteiger partial charge on any atom is 0.326 e. The van der Waals surface area contributed by atoms with Gasteiger partial charge < -0.3 is 4.74 Å². The monoisotopic (exact) mass is 291 g/mol. The van der Waals surface area contributed by atoms with E-state index < -0.39 is 16.0 Å². The summed E-state index contributed by atoms with van der Waals surface area (Å²) < 4.78 is 29.0. The molecular weight excluding hydrogens is 278 g/mol. The van der Waals surface area contributed by atoms with Gasteiger partial charge in [0.25, 0.3) is 0 Å². The molecule has 0 spiro atoms. The van der Waals surface area contributed by atoms with Gasteiger partial charge in [0.05, 0.1) is 18.6 Å². The summed E-state index contributed by atoms with van der Waals surface area (Å²) in [6.45, 7) is 1.49. The fraction of sp³-hybridized carbons (Fsp3) is 0.364. The zero-order chi connectivity index (χ0) is 13.8. The fourth-order valence-electron chi connectivity index (χ4n) is 1.36. The summed E-state index contributed by atoms with van der Waals surface area (Å²) in [5, 5.41) is 0.394. The highest BCUT2D eigenvalue weighted by Crippen LogP contribution is 2.21. The lowest BCUT2D eigenvalue weighted by atomic mass is 10.3. The number of anilines is 1. The molecule has 0 fully saturated rings. The van der Waals surface area contributed by atoms with Crippen LogP contribution in [0.1, 0.15) is 6.92 Å². The molecule has 0 heterocycles. The molecule has 100 valence electrons. The second-order valence-corrected chi connectivity index (χ2v) is 5.90. The molecule has 0 bridgehead atoms. The van der Waals surface area contributed by atoms with Crippen LogP contribution in [0.25, 0.3) is 0 Å². The number of esters is 1.